The molecule has 0 saturated heterocycles. The summed E-state index contributed by atoms with van der Waals surface area (Å²) in [5, 5.41) is 9.68. The van der Waals surface area contributed by atoms with Crippen molar-refractivity contribution in [3.63, 3.8) is 0 Å². The average molecular weight is 651 g/mol. The Balaban J connectivity index is 1.39. The second kappa shape index (κ2) is 12.5. The molecular formula is C47H30N4. The fraction of sp³-hybridized carbons (Fsp3) is 0.0213. The van der Waals surface area contributed by atoms with Crippen molar-refractivity contribution in [1.82, 2.24) is 15.0 Å². The van der Waals surface area contributed by atoms with Crippen molar-refractivity contribution in [3.8, 4) is 62.5 Å². The molecule has 4 nitrogen and oxygen atoms in total. The van der Waals surface area contributed by atoms with Crippen LogP contribution in [0.25, 0.3) is 56.4 Å². The predicted octanol–water partition coefficient (Wildman–Crippen LogP) is 10.8. The Labute approximate surface area is 297 Å². The Kier molecular flexibility index (Phi) is 7.38. The largest absolute Gasteiger partial charge is 0.208 e. The van der Waals surface area contributed by atoms with Gasteiger partial charge >= 0.3 is 0 Å². The van der Waals surface area contributed by atoms with Crippen molar-refractivity contribution in [2.24, 2.45) is 0 Å². The lowest BCUT2D eigenvalue weighted by atomic mass is 9.67. The topological polar surface area (TPSA) is 62.5 Å². The zero-order valence-electron chi connectivity index (χ0n) is 27.6. The molecule has 0 unspecified atom stereocenters. The van der Waals surface area contributed by atoms with E-state index in [-0.39, 0.29) is 0 Å². The number of aromatic nitrogens is 3. The SMILES string of the molecule is N#Cc1ccc(-c2cc3c(cc2-c2nc(-c4ccccc4)nc(-c4ccccc4)n2)-c2ccccc2C3(c2ccccc2)c2ccccc2)cc1. The molecule has 0 aliphatic heterocycles. The molecule has 51 heavy (non-hydrogen) atoms. The lowest BCUT2D eigenvalue weighted by Crippen LogP contribution is -2.28. The van der Waals surface area contributed by atoms with E-state index in [2.05, 4.69) is 103 Å². The molecule has 0 N–H and O–H groups in total. The highest BCUT2D eigenvalue weighted by Gasteiger charge is 2.46. The minimum Gasteiger partial charge on any atom is -0.208 e. The van der Waals surface area contributed by atoms with E-state index in [1.807, 2.05) is 84.9 Å². The molecule has 1 aliphatic carbocycles. The molecule has 0 amide bonds. The van der Waals surface area contributed by atoms with E-state index in [9.17, 15) is 5.26 Å². The summed E-state index contributed by atoms with van der Waals surface area (Å²) in [7, 11) is 0. The van der Waals surface area contributed by atoms with Gasteiger partial charge in [-0.05, 0) is 68.8 Å². The molecule has 9 rings (SSSR count). The molecule has 4 heteroatoms. The van der Waals surface area contributed by atoms with E-state index >= 15 is 0 Å². The van der Waals surface area contributed by atoms with Gasteiger partial charge in [0.15, 0.2) is 17.5 Å². The first-order valence-electron chi connectivity index (χ1n) is 17.0. The Bertz CT molecular complexity index is 2460. The van der Waals surface area contributed by atoms with E-state index in [1.54, 1.807) is 0 Å². The maximum Gasteiger partial charge on any atom is 0.164 e. The number of nitrogens with zero attached hydrogens (tertiary/aromatic N) is 4. The molecule has 0 bridgehead atoms. The standard InChI is InChI=1S/C47H30N4/c48-31-32-25-27-33(28-26-32)39-30-43-40(38-23-13-14-24-42(38)47(43,36-19-9-3-10-20-36)37-21-11-4-12-22-37)29-41(39)46-50-44(34-15-5-1-6-16-34)49-45(51-46)35-17-7-2-8-18-35/h1-30H. The van der Waals surface area contributed by atoms with Crippen molar-refractivity contribution in [2.75, 3.05) is 0 Å². The molecule has 0 saturated carbocycles. The van der Waals surface area contributed by atoms with E-state index in [4.69, 9.17) is 15.0 Å². The van der Waals surface area contributed by atoms with Crippen LogP contribution < -0.4 is 0 Å². The van der Waals surface area contributed by atoms with Gasteiger partial charge in [-0.25, -0.2) is 15.0 Å². The Morgan fingerprint density at radius 1 is 0.373 bits per heavy atom. The summed E-state index contributed by atoms with van der Waals surface area (Å²) >= 11 is 0. The first-order valence-corrected chi connectivity index (χ1v) is 17.0. The predicted molar refractivity (Wildman–Crippen MR) is 204 cm³/mol. The summed E-state index contributed by atoms with van der Waals surface area (Å²) in [5.74, 6) is 1.79. The van der Waals surface area contributed by atoms with Crippen molar-refractivity contribution < 1.29 is 0 Å². The van der Waals surface area contributed by atoms with Gasteiger partial charge in [0, 0.05) is 16.7 Å². The molecule has 1 aromatic heterocycles. The molecule has 1 heterocycles. The van der Waals surface area contributed by atoms with Gasteiger partial charge < -0.3 is 0 Å². The molecular weight excluding hydrogens is 621 g/mol. The monoisotopic (exact) mass is 650 g/mol. The summed E-state index contributed by atoms with van der Waals surface area (Å²) < 4.78 is 0. The van der Waals surface area contributed by atoms with Gasteiger partial charge in [0.1, 0.15) is 0 Å². The molecule has 238 valence electrons. The Morgan fingerprint density at radius 2 is 0.863 bits per heavy atom. The normalized spacial score (nSPS) is 12.5. The Hall–Kier alpha value is -6.96. The minimum atomic E-state index is -0.572. The number of hydrogen-bond acceptors (Lipinski definition) is 4. The van der Waals surface area contributed by atoms with Crippen LogP contribution in [-0.2, 0) is 5.41 Å². The van der Waals surface area contributed by atoms with Gasteiger partial charge in [-0.15, -0.1) is 0 Å². The van der Waals surface area contributed by atoms with Crippen molar-refractivity contribution in [3.05, 3.63) is 210 Å². The fourth-order valence-electron chi connectivity index (χ4n) is 7.57. The van der Waals surface area contributed by atoms with E-state index in [1.165, 1.54) is 27.8 Å². The average Bonchev–Trinajstić information content (AvgIpc) is 3.51. The van der Waals surface area contributed by atoms with Gasteiger partial charge in [-0.2, -0.15) is 5.26 Å². The molecule has 1 aliphatic rings. The second-order valence-corrected chi connectivity index (χ2v) is 12.7. The van der Waals surface area contributed by atoms with Crippen LogP contribution in [0, 0.1) is 11.3 Å². The van der Waals surface area contributed by atoms with Crippen molar-refractivity contribution in [1.29, 1.82) is 5.26 Å². The van der Waals surface area contributed by atoms with Gasteiger partial charge in [-0.1, -0.05) is 158 Å². The van der Waals surface area contributed by atoms with Crippen LogP contribution in [-0.4, -0.2) is 15.0 Å². The smallest absolute Gasteiger partial charge is 0.164 e. The molecule has 8 aromatic rings. The van der Waals surface area contributed by atoms with Crippen molar-refractivity contribution in [2.45, 2.75) is 5.41 Å². The number of fused-ring (bicyclic) bond motifs is 3. The van der Waals surface area contributed by atoms with Crippen LogP contribution in [0.3, 0.4) is 0 Å². The molecule has 0 radical (unpaired) electrons. The summed E-state index contributed by atoms with van der Waals surface area (Å²) in [4.78, 5) is 15.3. The van der Waals surface area contributed by atoms with Crippen molar-refractivity contribution >= 4 is 0 Å². The summed E-state index contributed by atoms with van der Waals surface area (Å²) in [6.45, 7) is 0. The third kappa shape index (κ3) is 5.03. The third-order valence-corrected chi connectivity index (χ3v) is 9.86. The first kappa shape index (κ1) is 30.1. The number of hydrogen-bond donors (Lipinski definition) is 0. The molecule has 0 atom stereocenters. The third-order valence-electron chi connectivity index (χ3n) is 9.86. The zero-order valence-corrected chi connectivity index (χ0v) is 27.6. The van der Waals surface area contributed by atoms with E-state index in [0.717, 1.165) is 33.4 Å². The highest BCUT2D eigenvalue weighted by molar-refractivity contribution is 5.94. The molecule has 7 aromatic carbocycles. The fourth-order valence-corrected chi connectivity index (χ4v) is 7.57. The van der Waals surface area contributed by atoms with Gasteiger partial charge in [-0.3, -0.25) is 0 Å². The lowest BCUT2D eigenvalue weighted by molar-refractivity contribution is 0.769. The summed E-state index contributed by atoms with van der Waals surface area (Å²) in [6.07, 6.45) is 0. The second-order valence-electron chi connectivity index (χ2n) is 12.7. The number of nitriles is 1. The molecule has 0 fully saturated rings. The number of benzene rings is 7. The summed E-state index contributed by atoms with van der Waals surface area (Å²) in [5.41, 5.74) is 11.8. The van der Waals surface area contributed by atoms with Crippen LogP contribution in [0.5, 0.6) is 0 Å². The van der Waals surface area contributed by atoms with Gasteiger partial charge in [0.2, 0.25) is 0 Å². The van der Waals surface area contributed by atoms with E-state index < -0.39 is 5.41 Å². The highest BCUT2D eigenvalue weighted by atomic mass is 15.0. The minimum absolute atomic E-state index is 0.572. The first-order chi connectivity index (χ1) is 25.2. The Morgan fingerprint density at radius 3 is 1.41 bits per heavy atom. The number of rotatable bonds is 6. The highest BCUT2D eigenvalue weighted by Crippen LogP contribution is 2.57. The quantitative estimate of drug-likeness (QED) is 0.180. The van der Waals surface area contributed by atoms with Crippen LogP contribution >= 0.6 is 0 Å². The van der Waals surface area contributed by atoms with Crippen LogP contribution in [0.15, 0.2) is 182 Å². The van der Waals surface area contributed by atoms with Crippen LogP contribution in [0.2, 0.25) is 0 Å². The maximum atomic E-state index is 9.68. The van der Waals surface area contributed by atoms with Gasteiger partial charge in [0.25, 0.3) is 0 Å². The van der Waals surface area contributed by atoms with E-state index in [0.29, 0.717) is 23.0 Å². The van der Waals surface area contributed by atoms with Gasteiger partial charge in [0.05, 0.1) is 17.0 Å². The molecule has 0 spiro atoms. The maximum absolute atomic E-state index is 9.68. The summed E-state index contributed by atoms with van der Waals surface area (Å²) in [6, 6.07) is 65.1. The van der Waals surface area contributed by atoms with Crippen LogP contribution in [0.1, 0.15) is 27.8 Å². The zero-order chi connectivity index (χ0) is 34.2. The lowest BCUT2D eigenvalue weighted by Gasteiger charge is -2.34. The van der Waals surface area contributed by atoms with Crippen LogP contribution in [0.4, 0.5) is 0 Å².